The number of thiol groups is 1. The largest absolute Gasteiger partial charge is 0.494 e. The molecule has 0 aliphatic carbocycles. The number of nitrogens with two attached hydrogens (primary N) is 1. The molecule has 0 aromatic heterocycles. The Morgan fingerprint density at radius 3 is 2.25 bits per heavy atom. The molecule has 0 saturated heterocycles. The maximum Gasteiger partial charge on any atom is 0.416 e. The first kappa shape index (κ1) is 19.4. The minimum Gasteiger partial charge on any atom is -0.494 e. The van der Waals surface area contributed by atoms with E-state index in [9.17, 15) is 13.2 Å². The molecule has 7 heteroatoms. The molecular weight excluding hydrogens is 311 g/mol. The minimum atomic E-state index is -4.30. The molecule has 0 saturated carbocycles. The fraction of sp³-hybridized carbons (Fsp3) is 0.538. The lowest BCUT2D eigenvalue weighted by Gasteiger charge is -2.10. The lowest BCUT2D eigenvalue weighted by molar-refractivity contribution is -0.137. The van der Waals surface area contributed by atoms with E-state index in [1.54, 1.807) is 0 Å². The van der Waals surface area contributed by atoms with Crippen LogP contribution < -0.4 is 10.5 Å². The molecule has 0 amide bonds. The standard InChI is InChI=1S/C13H18F3NOS.ClH/c14-13(15,16)10-4-6-12(7-5-10)18-8-2-1-3-11(17)9-19;/h4-7,11,19H,1-3,8-9,17H2;1H/t11-;/m0./s1. The monoisotopic (exact) mass is 329 g/mol. The summed E-state index contributed by atoms with van der Waals surface area (Å²) in [6, 6.07) is 4.80. The van der Waals surface area contributed by atoms with Gasteiger partial charge in [-0.25, -0.2) is 0 Å². The van der Waals surface area contributed by atoms with Crippen LogP contribution in [0.25, 0.3) is 0 Å². The van der Waals surface area contributed by atoms with Crippen LogP contribution in [0.5, 0.6) is 5.75 Å². The molecule has 0 aliphatic heterocycles. The molecule has 0 aliphatic rings. The van der Waals surface area contributed by atoms with Crippen LogP contribution in [0, 0.1) is 0 Å². The Balaban J connectivity index is 0.00000361. The Bertz CT molecular complexity index is 373. The van der Waals surface area contributed by atoms with E-state index in [0.717, 1.165) is 31.4 Å². The third-order valence-corrected chi connectivity index (χ3v) is 3.12. The number of alkyl halides is 3. The number of hydrogen-bond acceptors (Lipinski definition) is 3. The molecule has 0 bridgehead atoms. The van der Waals surface area contributed by atoms with Crippen LogP contribution in [0.4, 0.5) is 13.2 Å². The van der Waals surface area contributed by atoms with E-state index in [1.807, 2.05) is 0 Å². The predicted molar refractivity (Wildman–Crippen MR) is 79.9 cm³/mol. The Kier molecular flexibility index (Phi) is 9.09. The lowest BCUT2D eigenvalue weighted by atomic mass is 10.1. The van der Waals surface area contributed by atoms with E-state index >= 15 is 0 Å². The number of unbranched alkanes of at least 4 members (excludes halogenated alkanes) is 1. The van der Waals surface area contributed by atoms with Crippen LogP contribution in [-0.4, -0.2) is 18.4 Å². The number of hydrogen-bond donors (Lipinski definition) is 2. The smallest absolute Gasteiger partial charge is 0.416 e. The van der Waals surface area contributed by atoms with Crippen molar-refractivity contribution in [2.45, 2.75) is 31.5 Å². The highest BCUT2D eigenvalue weighted by Gasteiger charge is 2.29. The molecule has 0 fully saturated rings. The van der Waals surface area contributed by atoms with Gasteiger partial charge in [0, 0.05) is 11.8 Å². The highest BCUT2D eigenvalue weighted by molar-refractivity contribution is 7.80. The second-order valence-electron chi connectivity index (χ2n) is 4.31. The van der Waals surface area contributed by atoms with Crippen molar-refractivity contribution in [2.24, 2.45) is 5.73 Å². The Hall–Kier alpha value is -0.590. The highest BCUT2D eigenvalue weighted by Crippen LogP contribution is 2.30. The van der Waals surface area contributed by atoms with Gasteiger partial charge in [0.05, 0.1) is 12.2 Å². The van der Waals surface area contributed by atoms with Gasteiger partial charge in [0.1, 0.15) is 5.75 Å². The van der Waals surface area contributed by atoms with Crippen molar-refractivity contribution in [2.75, 3.05) is 12.4 Å². The van der Waals surface area contributed by atoms with E-state index < -0.39 is 11.7 Å². The summed E-state index contributed by atoms with van der Waals surface area (Å²) < 4.78 is 42.3. The summed E-state index contributed by atoms with van der Waals surface area (Å²) in [5.74, 6) is 1.10. The van der Waals surface area contributed by atoms with Crippen LogP contribution in [-0.2, 0) is 6.18 Å². The maximum absolute atomic E-state index is 12.3. The van der Waals surface area contributed by atoms with E-state index in [1.165, 1.54) is 12.1 Å². The summed E-state index contributed by atoms with van der Waals surface area (Å²) in [5, 5.41) is 0. The Morgan fingerprint density at radius 2 is 1.75 bits per heavy atom. The Labute approximate surface area is 128 Å². The quantitative estimate of drug-likeness (QED) is 0.587. The van der Waals surface area contributed by atoms with Gasteiger partial charge in [0.25, 0.3) is 0 Å². The summed E-state index contributed by atoms with van der Waals surface area (Å²) in [4.78, 5) is 0. The van der Waals surface area contributed by atoms with Crippen molar-refractivity contribution in [3.05, 3.63) is 29.8 Å². The first-order valence-corrected chi connectivity index (χ1v) is 6.73. The predicted octanol–water partition coefficient (Wildman–Crippen LogP) is 3.93. The maximum atomic E-state index is 12.3. The van der Waals surface area contributed by atoms with E-state index in [2.05, 4.69) is 12.6 Å². The van der Waals surface area contributed by atoms with Crippen molar-refractivity contribution in [3.8, 4) is 5.75 Å². The molecule has 0 unspecified atom stereocenters. The molecule has 1 aromatic rings. The molecule has 2 nitrogen and oxygen atoms in total. The fourth-order valence-electron chi connectivity index (χ4n) is 1.53. The summed E-state index contributed by atoms with van der Waals surface area (Å²) in [5.41, 5.74) is 5.03. The first-order valence-electron chi connectivity index (χ1n) is 6.10. The highest BCUT2D eigenvalue weighted by atomic mass is 35.5. The molecule has 0 heterocycles. The van der Waals surface area contributed by atoms with Crippen molar-refractivity contribution >= 4 is 25.0 Å². The average molecular weight is 330 g/mol. The van der Waals surface area contributed by atoms with Gasteiger partial charge < -0.3 is 10.5 Å². The van der Waals surface area contributed by atoms with E-state index in [0.29, 0.717) is 18.1 Å². The molecule has 0 spiro atoms. The topological polar surface area (TPSA) is 35.2 Å². The zero-order chi connectivity index (χ0) is 14.3. The molecule has 116 valence electrons. The van der Waals surface area contributed by atoms with Crippen molar-refractivity contribution in [1.29, 1.82) is 0 Å². The lowest BCUT2D eigenvalue weighted by Crippen LogP contribution is -2.21. The van der Waals surface area contributed by atoms with Crippen molar-refractivity contribution in [1.82, 2.24) is 0 Å². The van der Waals surface area contributed by atoms with Crippen LogP contribution in [0.2, 0.25) is 0 Å². The first-order chi connectivity index (χ1) is 8.93. The number of rotatable bonds is 7. The normalized spacial score (nSPS) is 12.7. The number of benzene rings is 1. The van der Waals surface area contributed by atoms with Gasteiger partial charge >= 0.3 is 6.18 Å². The third-order valence-electron chi connectivity index (χ3n) is 2.65. The van der Waals surface area contributed by atoms with Crippen molar-refractivity contribution in [3.63, 3.8) is 0 Å². The van der Waals surface area contributed by atoms with Gasteiger partial charge in [-0.15, -0.1) is 12.4 Å². The van der Waals surface area contributed by atoms with Crippen LogP contribution in [0.1, 0.15) is 24.8 Å². The van der Waals surface area contributed by atoms with Gasteiger partial charge in [-0.3, -0.25) is 0 Å². The number of ether oxygens (including phenoxy) is 1. The van der Waals surface area contributed by atoms with E-state index in [4.69, 9.17) is 10.5 Å². The molecule has 0 radical (unpaired) electrons. The fourth-order valence-corrected chi connectivity index (χ4v) is 1.71. The second kappa shape index (κ2) is 9.37. The number of halogens is 4. The average Bonchev–Trinajstić information content (AvgIpc) is 2.37. The molecular formula is C13H19ClF3NOS. The van der Waals surface area contributed by atoms with Crippen LogP contribution in [0.15, 0.2) is 24.3 Å². The summed E-state index contributed by atoms with van der Waals surface area (Å²) >= 11 is 4.08. The van der Waals surface area contributed by atoms with Crippen molar-refractivity contribution < 1.29 is 17.9 Å². The van der Waals surface area contributed by atoms with Gasteiger partial charge in [0.15, 0.2) is 0 Å². The van der Waals surface area contributed by atoms with Gasteiger partial charge in [-0.2, -0.15) is 25.8 Å². The zero-order valence-corrected chi connectivity index (χ0v) is 12.6. The Morgan fingerprint density at radius 1 is 1.15 bits per heavy atom. The van der Waals surface area contributed by atoms with E-state index in [-0.39, 0.29) is 18.4 Å². The van der Waals surface area contributed by atoms with Gasteiger partial charge in [-0.05, 0) is 43.5 Å². The molecule has 1 rings (SSSR count). The van der Waals surface area contributed by atoms with Crippen LogP contribution >= 0.6 is 25.0 Å². The summed E-state index contributed by atoms with van der Waals surface area (Å²) in [6.07, 6.45) is -1.69. The molecule has 1 atom stereocenters. The van der Waals surface area contributed by atoms with Gasteiger partial charge in [-0.1, -0.05) is 0 Å². The summed E-state index contributed by atoms with van der Waals surface area (Å²) in [6.45, 7) is 0.477. The zero-order valence-electron chi connectivity index (χ0n) is 10.9. The van der Waals surface area contributed by atoms with Crippen LogP contribution in [0.3, 0.4) is 0 Å². The molecule has 2 N–H and O–H groups in total. The third kappa shape index (κ3) is 7.26. The minimum absolute atomic E-state index is 0. The SMILES string of the molecule is Cl.N[C@H](CS)CCCCOc1ccc(C(F)(F)F)cc1. The summed E-state index contributed by atoms with van der Waals surface area (Å²) in [7, 11) is 0. The second-order valence-corrected chi connectivity index (χ2v) is 4.67. The molecule has 20 heavy (non-hydrogen) atoms. The van der Waals surface area contributed by atoms with Gasteiger partial charge in [0.2, 0.25) is 0 Å². The molecule has 1 aromatic carbocycles.